The molecule has 1 fully saturated rings. The van der Waals surface area contributed by atoms with Crippen molar-refractivity contribution < 1.29 is 9.53 Å². The smallest absolute Gasteiger partial charge is 0.263 e. The van der Waals surface area contributed by atoms with Crippen LogP contribution in [-0.4, -0.2) is 36.0 Å². The van der Waals surface area contributed by atoms with Crippen LogP contribution in [0.15, 0.2) is 24.3 Å². The minimum Gasteiger partial charge on any atom is -0.481 e. The number of nitrogens with zero attached hydrogens (tertiary/aromatic N) is 1. The molecule has 4 nitrogen and oxygen atoms in total. The lowest BCUT2D eigenvalue weighted by Crippen LogP contribution is -2.51. The molecule has 20 heavy (non-hydrogen) atoms. The zero-order chi connectivity index (χ0) is 14.7. The van der Waals surface area contributed by atoms with E-state index in [-0.39, 0.29) is 11.9 Å². The van der Waals surface area contributed by atoms with Crippen LogP contribution in [0.3, 0.4) is 0 Å². The molecule has 0 bridgehead atoms. The van der Waals surface area contributed by atoms with Crippen LogP contribution in [0, 0.1) is 5.92 Å². The van der Waals surface area contributed by atoms with Gasteiger partial charge in [-0.2, -0.15) is 0 Å². The number of likely N-dealkylation sites (tertiary alicyclic amines) is 1. The Labute approximate surface area is 124 Å². The van der Waals surface area contributed by atoms with Gasteiger partial charge in [-0.05, 0) is 37.5 Å². The van der Waals surface area contributed by atoms with E-state index in [9.17, 15) is 4.79 Å². The number of carbonyl (C=O) groups excluding carboxylic acids is 1. The van der Waals surface area contributed by atoms with Gasteiger partial charge in [0.25, 0.3) is 5.91 Å². The number of carbonyl (C=O) groups is 1. The molecule has 0 aromatic heterocycles. The average Bonchev–Trinajstić information content (AvgIpc) is 2.41. The zero-order valence-electron chi connectivity index (χ0n) is 11.9. The number of ether oxygens (including phenoxy) is 1. The largest absolute Gasteiger partial charge is 0.481 e. The van der Waals surface area contributed by atoms with Crippen molar-refractivity contribution in [3.63, 3.8) is 0 Å². The Kier molecular flexibility index (Phi) is 4.89. The molecule has 1 aliphatic heterocycles. The lowest BCUT2D eigenvalue weighted by Gasteiger charge is -2.36. The number of hydrogen-bond acceptors (Lipinski definition) is 3. The van der Waals surface area contributed by atoms with E-state index in [1.165, 1.54) is 0 Å². The number of rotatable bonds is 3. The number of benzene rings is 1. The van der Waals surface area contributed by atoms with Crippen LogP contribution >= 0.6 is 11.6 Å². The van der Waals surface area contributed by atoms with Crippen molar-refractivity contribution in [1.29, 1.82) is 0 Å². The first-order valence-corrected chi connectivity index (χ1v) is 7.31. The average molecular weight is 297 g/mol. The maximum absolute atomic E-state index is 12.4. The molecular formula is C15H21ClN2O2. The summed E-state index contributed by atoms with van der Waals surface area (Å²) in [7, 11) is 0. The van der Waals surface area contributed by atoms with Crippen LogP contribution in [0.1, 0.15) is 20.3 Å². The summed E-state index contributed by atoms with van der Waals surface area (Å²) in [6, 6.07) is 7.26. The highest BCUT2D eigenvalue weighted by Gasteiger charge is 2.29. The van der Waals surface area contributed by atoms with Gasteiger partial charge in [-0.3, -0.25) is 4.79 Å². The molecule has 0 radical (unpaired) electrons. The van der Waals surface area contributed by atoms with Gasteiger partial charge in [-0.1, -0.05) is 24.6 Å². The Morgan fingerprint density at radius 3 is 2.95 bits per heavy atom. The first-order chi connectivity index (χ1) is 9.47. The van der Waals surface area contributed by atoms with Crippen molar-refractivity contribution in [2.75, 3.05) is 13.1 Å². The number of nitrogens with two attached hydrogens (primary N) is 1. The van der Waals surface area contributed by atoms with Crippen LogP contribution in [0.2, 0.25) is 5.02 Å². The van der Waals surface area contributed by atoms with E-state index in [1.807, 2.05) is 4.90 Å². The molecule has 1 aromatic rings. The first-order valence-electron chi connectivity index (χ1n) is 6.94. The summed E-state index contributed by atoms with van der Waals surface area (Å²) in [5, 5.41) is 0.597. The van der Waals surface area contributed by atoms with Crippen molar-refractivity contribution in [1.82, 2.24) is 4.90 Å². The van der Waals surface area contributed by atoms with Gasteiger partial charge in [0.2, 0.25) is 0 Å². The Morgan fingerprint density at radius 1 is 1.55 bits per heavy atom. The van der Waals surface area contributed by atoms with Crippen molar-refractivity contribution in [2.24, 2.45) is 11.7 Å². The Bertz CT molecular complexity index is 481. The quantitative estimate of drug-likeness (QED) is 0.931. The highest BCUT2D eigenvalue weighted by Crippen LogP contribution is 2.20. The van der Waals surface area contributed by atoms with Gasteiger partial charge in [0.15, 0.2) is 6.10 Å². The number of piperidine rings is 1. The van der Waals surface area contributed by atoms with Crippen LogP contribution in [0.5, 0.6) is 5.75 Å². The van der Waals surface area contributed by atoms with Gasteiger partial charge in [0.05, 0.1) is 0 Å². The van der Waals surface area contributed by atoms with Gasteiger partial charge in [-0.15, -0.1) is 0 Å². The molecule has 0 aliphatic carbocycles. The van der Waals surface area contributed by atoms with Gasteiger partial charge in [-0.25, -0.2) is 0 Å². The predicted octanol–water partition coefficient (Wildman–Crippen LogP) is 2.30. The summed E-state index contributed by atoms with van der Waals surface area (Å²) in [4.78, 5) is 14.2. The highest BCUT2D eigenvalue weighted by atomic mass is 35.5. The second-order valence-electron chi connectivity index (χ2n) is 5.43. The predicted molar refractivity (Wildman–Crippen MR) is 79.9 cm³/mol. The normalized spacial score (nSPS) is 24.3. The molecule has 1 amide bonds. The maximum Gasteiger partial charge on any atom is 0.263 e. The van der Waals surface area contributed by atoms with Crippen molar-refractivity contribution in [3.05, 3.63) is 29.3 Å². The third-order valence-corrected chi connectivity index (χ3v) is 3.98. The topological polar surface area (TPSA) is 55.6 Å². The van der Waals surface area contributed by atoms with E-state index >= 15 is 0 Å². The van der Waals surface area contributed by atoms with Gasteiger partial charge >= 0.3 is 0 Å². The minimum absolute atomic E-state index is 0.00345. The molecule has 0 spiro atoms. The molecule has 3 atom stereocenters. The van der Waals surface area contributed by atoms with E-state index in [2.05, 4.69) is 6.92 Å². The molecule has 110 valence electrons. The number of halogens is 1. The van der Waals surface area contributed by atoms with E-state index in [1.54, 1.807) is 31.2 Å². The van der Waals surface area contributed by atoms with E-state index < -0.39 is 6.10 Å². The summed E-state index contributed by atoms with van der Waals surface area (Å²) in [6.07, 6.45) is 0.326. The molecular weight excluding hydrogens is 276 g/mol. The van der Waals surface area contributed by atoms with Crippen molar-refractivity contribution in [2.45, 2.75) is 32.4 Å². The van der Waals surface area contributed by atoms with Crippen LogP contribution in [0.25, 0.3) is 0 Å². The molecule has 2 rings (SSSR count). The third kappa shape index (κ3) is 3.64. The molecule has 1 saturated heterocycles. The summed E-state index contributed by atoms with van der Waals surface area (Å²) in [6.45, 7) is 5.24. The second-order valence-corrected chi connectivity index (χ2v) is 5.87. The van der Waals surface area contributed by atoms with E-state index in [0.717, 1.165) is 6.42 Å². The molecule has 1 aromatic carbocycles. The summed E-state index contributed by atoms with van der Waals surface area (Å²) < 4.78 is 5.67. The molecule has 1 heterocycles. The summed E-state index contributed by atoms with van der Waals surface area (Å²) in [5.74, 6) is 0.940. The van der Waals surface area contributed by atoms with E-state index in [4.69, 9.17) is 22.1 Å². The fourth-order valence-electron chi connectivity index (χ4n) is 2.42. The standard InChI is InChI=1S/C15H21ClN2O2/c1-10-9-18(7-6-14(10)17)15(19)11(2)20-13-5-3-4-12(16)8-13/h3-5,8,10-11,14H,6-7,9,17H2,1-2H3. The first kappa shape index (κ1) is 15.1. The lowest BCUT2D eigenvalue weighted by molar-refractivity contribution is -0.139. The van der Waals surface area contributed by atoms with Gasteiger partial charge in [0, 0.05) is 24.2 Å². The third-order valence-electron chi connectivity index (χ3n) is 3.74. The van der Waals surface area contributed by atoms with Crippen molar-refractivity contribution in [3.8, 4) is 5.75 Å². The lowest BCUT2D eigenvalue weighted by atomic mass is 9.94. The van der Waals surface area contributed by atoms with Crippen LogP contribution in [-0.2, 0) is 4.79 Å². The highest BCUT2D eigenvalue weighted by molar-refractivity contribution is 6.30. The molecule has 1 aliphatic rings. The Hall–Kier alpha value is -1.26. The van der Waals surface area contributed by atoms with Gasteiger partial charge in [0.1, 0.15) is 5.75 Å². The van der Waals surface area contributed by atoms with E-state index in [0.29, 0.717) is 29.8 Å². The fraction of sp³-hybridized carbons (Fsp3) is 0.533. The molecule has 3 unspecified atom stereocenters. The molecule has 2 N–H and O–H groups in total. The Morgan fingerprint density at radius 2 is 2.30 bits per heavy atom. The van der Waals surface area contributed by atoms with Crippen molar-refractivity contribution >= 4 is 17.5 Å². The second kappa shape index (κ2) is 6.46. The zero-order valence-corrected chi connectivity index (χ0v) is 12.6. The maximum atomic E-state index is 12.4. The number of amides is 1. The molecule has 0 saturated carbocycles. The molecule has 5 heteroatoms. The summed E-state index contributed by atoms with van der Waals surface area (Å²) >= 11 is 5.90. The van der Waals surface area contributed by atoms with Crippen LogP contribution in [0.4, 0.5) is 0 Å². The van der Waals surface area contributed by atoms with Crippen LogP contribution < -0.4 is 10.5 Å². The SMILES string of the molecule is CC(Oc1cccc(Cl)c1)C(=O)N1CCC(N)C(C)C1. The summed E-state index contributed by atoms with van der Waals surface area (Å²) in [5.41, 5.74) is 5.97. The number of hydrogen-bond donors (Lipinski definition) is 1. The monoisotopic (exact) mass is 296 g/mol. The van der Waals surface area contributed by atoms with Gasteiger partial charge < -0.3 is 15.4 Å². The fourth-order valence-corrected chi connectivity index (χ4v) is 2.60. The minimum atomic E-state index is -0.519. The Balaban J connectivity index is 1.95.